The van der Waals surface area contributed by atoms with Crippen molar-refractivity contribution in [3.8, 4) is 0 Å². The molecule has 1 rings (SSSR count). The van der Waals surface area contributed by atoms with Crippen LogP contribution in [0, 0.1) is 11.8 Å². The van der Waals surface area contributed by atoms with E-state index in [1.165, 1.54) is 38.6 Å². The van der Waals surface area contributed by atoms with Crippen molar-refractivity contribution in [1.29, 1.82) is 0 Å². The smallest absolute Gasteiger partial charge is 0.0524 e. The third-order valence-electron chi connectivity index (χ3n) is 3.97. The van der Waals surface area contributed by atoms with Gasteiger partial charge >= 0.3 is 0 Å². The second-order valence-corrected chi connectivity index (χ2v) is 5.71. The topological polar surface area (TPSA) is 23.5 Å². The number of aliphatic hydroxyl groups is 1. The molecule has 96 valence electrons. The molecule has 1 saturated carbocycles. The molecule has 0 amide bonds. The van der Waals surface area contributed by atoms with E-state index in [0.29, 0.717) is 0 Å². The van der Waals surface area contributed by atoms with Crippen molar-refractivity contribution < 1.29 is 5.11 Å². The van der Waals surface area contributed by atoms with E-state index in [2.05, 4.69) is 18.9 Å². The van der Waals surface area contributed by atoms with Gasteiger partial charge in [-0.25, -0.2) is 0 Å². The summed E-state index contributed by atoms with van der Waals surface area (Å²) < 4.78 is 0. The molecule has 0 spiro atoms. The molecule has 0 bridgehead atoms. The summed E-state index contributed by atoms with van der Waals surface area (Å²) in [6.45, 7) is 6.46. The molecule has 16 heavy (non-hydrogen) atoms. The average molecular weight is 227 g/mol. The van der Waals surface area contributed by atoms with Gasteiger partial charge in [-0.3, -0.25) is 0 Å². The van der Waals surface area contributed by atoms with Crippen molar-refractivity contribution >= 4 is 0 Å². The van der Waals surface area contributed by atoms with Gasteiger partial charge in [-0.15, -0.1) is 0 Å². The lowest BCUT2D eigenvalue weighted by molar-refractivity contribution is 0.147. The van der Waals surface area contributed by atoms with Crippen molar-refractivity contribution in [3.63, 3.8) is 0 Å². The van der Waals surface area contributed by atoms with Crippen LogP contribution in [-0.4, -0.2) is 36.2 Å². The van der Waals surface area contributed by atoms with Crippen LogP contribution in [0.2, 0.25) is 0 Å². The fourth-order valence-corrected chi connectivity index (χ4v) is 2.88. The Bertz CT molecular complexity index is 182. The molecule has 3 atom stereocenters. The van der Waals surface area contributed by atoms with Gasteiger partial charge in [0.25, 0.3) is 0 Å². The van der Waals surface area contributed by atoms with Crippen LogP contribution in [0.1, 0.15) is 52.4 Å². The number of hydrogen-bond acceptors (Lipinski definition) is 2. The molecular formula is C14H29NO. The van der Waals surface area contributed by atoms with E-state index in [4.69, 9.17) is 0 Å². The van der Waals surface area contributed by atoms with E-state index in [1.54, 1.807) is 0 Å². The molecule has 2 heteroatoms. The monoisotopic (exact) mass is 227 g/mol. The van der Waals surface area contributed by atoms with Crippen LogP contribution in [0.5, 0.6) is 0 Å². The summed E-state index contributed by atoms with van der Waals surface area (Å²) in [5.41, 5.74) is 0. The lowest BCUT2D eigenvalue weighted by Gasteiger charge is -2.31. The maximum absolute atomic E-state index is 9.26. The zero-order chi connectivity index (χ0) is 12.0. The number of aliphatic hydroxyl groups excluding tert-OH is 1. The zero-order valence-corrected chi connectivity index (χ0v) is 11.3. The highest BCUT2D eigenvalue weighted by atomic mass is 16.3. The Hall–Kier alpha value is -0.0800. The van der Waals surface area contributed by atoms with Gasteiger partial charge in [-0.2, -0.15) is 0 Å². The first kappa shape index (κ1) is 14.0. The molecule has 0 saturated heterocycles. The minimum atomic E-state index is -0.155. The van der Waals surface area contributed by atoms with Crippen LogP contribution in [0.4, 0.5) is 0 Å². The van der Waals surface area contributed by atoms with Gasteiger partial charge in [-0.05, 0) is 45.1 Å². The Morgan fingerprint density at radius 3 is 2.62 bits per heavy atom. The highest BCUT2D eigenvalue weighted by molar-refractivity contribution is 4.74. The molecule has 2 nitrogen and oxygen atoms in total. The first-order valence-corrected chi connectivity index (χ1v) is 6.98. The summed E-state index contributed by atoms with van der Waals surface area (Å²) in [6.07, 6.45) is 7.81. The van der Waals surface area contributed by atoms with Crippen molar-refractivity contribution in [2.75, 3.05) is 20.1 Å². The highest BCUT2D eigenvalue weighted by Gasteiger charge is 2.21. The van der Waals surface area contributed by atoms with Crippen molar-refractivity contribution in [1.82, 2.24) is 4.90 Å². The van der Waals surface area contributed by atoms with Crippen LogP contribution in [0.15, 0.2) is 0 Å². The van der Waals surface area contributed by atoms with Gasteiger partial charge in [0.1, 0.15) is 0 Å². The summed E-state index contributed by atoms with van der Waals surface area (Å²) in [7, 11) is 2.19. The largest absolute Gasteiger partial charge is 0.393 e. The van der Waals surface area contributed by atoms with Gasteiger partial charge in [0.15, 0.2) is 0 Å². The quantitative estimate of drug-likeness (QED) is 0.754. The first-order valence-electron chi connectivity index (χ1n) is 6.98. The van der Waals surface area contributed by atoms with Crippen LogP contribution in [0.25, 0.3) is 0 Å². The Kier molecular flexibility index (Phi) is 6.37. The summed E-state index contributed by atoms with van der Waals surface area (Å²) in [6, 6.07) is 0. The van der Waals surface area contributed by atoms with Crippen molar-refractivity contribution in [3.05, 3.63) is 0 Å². The molecule has 0 heterocycles. The predicted octanol–water partition coefficient (Wildman–Crippen LogP) is 2.91. The minimum Gasteiger partial charge on any atom is -0.393 e. The van der Waals surface area contributed by atoms with E-state index in [1.807, 2.05) is 6.92 Å². The Morgan fingerprint density at radius 1 is 1.31 bits per heavy atom. The van der Waals surface area contributed by atoms with Crippen molar-refractivity contribution in [2.45, 2.75) is 58.5 Å². The van der Waals surface area contributed by atoms with E-state index >= 15 is 0 Å². The van der Waals surface area contributed by atoms with E-state index in [-0.39, 0.29) is 6.10 Å². The lowest BCUT2D eigenvalue weighted by atomic mass is 9.80. The fraction of sp³-hybridized carbons (Fsp3) is 1.00. The third kappa shape index (κ3) is 5.31. The molecule has 1 aliphatic carbocycles. The first-order chi connectivity index (χ1) is 7.61. The molecule has 0 aromatic heterocycles. The van der Waals surface area contributed by atoms with Crippen LogP contribution in [0.3, 0.4) is 0 Å². The Labute approximate surface area is 101 Å². The van der Waals surface area contributed by atoms with E-state index < -0.39 is 0 Å². The molecule has 1 N–H and O–H groups in total. The molecule has 0 radical (unpaired) electrons. The summed E-state index contributed by atoms with van der Waals surface area (Å²) >= 11 is 0. The SMILES string of the molecule is CCC1CCCC(CN(C)CCC(C)O)C1. The van der Waals surface area contributed by atoms with Gasteiger partial charge in [0, 0.05) is 13.1 Å². The molecule has 0 aromatic carbocycles. The molecule has 1 fully saturated rings. The zero-order valence-electron chi connectivity index (χ0n) is 11.3. The third-order valence-corrected chi connectivity index (χ3v) is 3.97. The molecule has 3 unspecified atom stereocenters. The predicted molar refractivity (Wildman–Crippen MR) is 69.5 cm³/mol. The van der Waals surface area contributed by atoms with Gasteiger partial charge < -0.3 is 10.0 Å². The molecule has 1 aliphatic rings. The lowest BCUT2D eigenvalue weighted by Crippen LogP contribution is -2.31. The van der Waals surface area contributed by atoms with E-state index in [0.717, 1.165) is 24.8 Å². The number of rotatable bonds is 6. The van der Waals surface area contributed by atoms with Gasteiger partial charge in [0.2, 0.25) is 0 Å². The average Bonchev–Trinajstić information content (AvgIpc) is 2.26. The second-order valence-electron chi connectivity index (χ2n) is 5.71. The maximum Gasteiger partial charge on any atom is 0.0524 e. The van der Waals surface area contributed by atoms with Crippen LogP contribution < -0.4 is 0 Å². The van der Waals surface area contributed by atoms with Gasteiger partial charge in [0.05, 0.1) is 6.10 Å². The number of hydrogen-bond donors (Lipinski definition) is 1. The maximum atomic E-state index is 9.26. The van der Waals surface area contributed by atoms with Gasteiger partial charge in [-0.1, -0.05) is 26.2 Å². The summed E-state index contributed by atoms with van der Waals surface area (Å²) in [4.78, 5) is 2.40. The Morgan fingerprint density at radius 2 is 2.00 bits per heavy atom. The minimum absolute atomic E-state index is 0.155. The van der Waals surface area contributed by atoms with E-state index in [9.17, 15) is 5.11 Å². The number of nitrogens with zero attached hydrogens (tertiary/aromatic N) is 1. The second kappa shape index (κ2) is 7.29. The highest BCUT2D eigenvalue weighted by Crippen LogP contribution is 2.31. The van der Waals surface area contributed by atoms with Crippen molar-refractivity contribution in [2.24, 2.45) is 11.8 Å². The fourth-order valence-electron chi connectivity index (χ4n) is 2.88. The molecule has 0 aliphatic heterocycles. The molecule has 0 aromatic rings. The Balaban J connectivity index is 2.19. The summed E-state index contributed by atoms with van der Waals surface area (Å²) in [5, 5.41) is 9.26. The summed E-state index contributed by atoms with van der Waals surface area (Å²) in [5.74, 6) is 1.88. The standard InChI is InChI=1S/C14H29NO/c1-4-13-6-5-7-14(10-13)11-15(3)9-8-12(2)16/h12-14,16H,4-11H2,1-3H3. The van der Waals surface area contributed by atoms with Crippen LogP contribution in [-0.2, 0) is 0 Å². The van der Waals surface area contributed by atoms with Crippen LogP contribution >= 0.6 is 0 Å². The normalized spacial score (nSPS) is 28.3. The molecular weight excluding hydrogens is 198 g/mol.